The second kappa shape index (κ2) is 5.47. The van der Waals surface area contributed by atoms with Crippen LogP contribution in [0.2, 0.25) is 0 Å². The smallest absolute Gasteiger partial charge is 0.0685 e. The van der Waals surface area contributed by atoms with Crippen LogP contribution in [0.5, 0.6) is 0 Å². The Morgan fingerprint density at radius 2 is 2.18 bits per heavy atom. The van der Waals surface area contributed by atoms with Gasteiger partial charge in [-0.15, -0.1) is 0 Å². The van der Waals surface area contributed by atoms with E-state index in [0.717, 1.165) is 28.8 Å². The summed E-state index contributed by atoms with van der Waals surface area (Å²) in [5, 5.41) is 4.55. The number of benzene rings is 1. The highest BCUT2D eigenvalue weighted by molar-refractivity contribution is 9.10. The molecule has 0 saturated heterocycles. The van der Waals surface area contributed by atoms with Gasteiger partial charge in [-0.2, -0.15) is 5.10 Å². The quantitative estimate of drug-likeness (QED) is 0.942. The first-order valence-electron chi connectivity index (χ1n) is 5.77. The maximum Gasteiger partial charge on any atom is 0.0685 e. The zero-order valence-electron chi connectivity index (χ0n) is 9.86. The summed E-state index contributed by atoms with van der Waals surface area (Å²) in [5.74, 6) is 0. The molecular weight excluding hydrogens is 278 g/mol. The molecule has 90 valence electrons. The lowest BCUT2D eigenvalue weighted by Crippen LogP contribution is -2.04. The van der Waals surface area contributed by atoms with Crippen LogP contribution in [0.25, 0.3) is 11.3 Å². The van der Waals surface area contributed by atoms with Crippen LogP contribution in [0.4, 0.5) is 0 Å². The molecule has 0 aliphatic carbocycles. The average molecular weight is 294 g/mol. The minimum atomic E-state index is 0.638. The summed E-state index contributed by atoms with van der Waals surface area (Å²) in [6, 6.07) is 10.4. The Morgan fingerprint density at radius 1 is 1.35 bits per heavy atom. The molecule has 0 aliphatic rings. The van der Waals surface area contributed by atoms with Crippen LogP contribution in [-0.4, -0.2) is 16.3 Å². The highest BCUT2D eigenvalue weighted by Gasteiger charge is 2.08. The Balaban J connectivity index is 2.43. The molecule has 0 fully saturated rings. The predicted molar refractivity (Wildman–Crippen MR) is 73.8 cm³/mol. The van der Waals surface area contributed by atoms with E-state index < -0.39 is 0 Å². The van der Waals surface area contributed by atoms with E-state index in [4.69, 9.17) is 5.73 Å². The molecule has 0 saturated carbocycles. The van der Waals surface area contributed by atoms with Gasteiger partial charge in [-0.25, -0.2) is 0 Å². The van der Waals surface area contributed by atoms with Gasteiger partial charge in [0.2, 0.25) is 0 Å². The lowest BCUT2D eigenvalue weighted by Gasteiger charge is -2.04. The standard InChI is InChI=1S/C13H16BrN3/c1-2-17-13(9-12(16-17)6-7-15)10-4-3-5-11(14)8-10/h3-5,8-9H,2,6-7,15H2,1H3. The Labute approximate surface area is 110 Å². The normalized spacial score (nSPS) is 10.8. The van der Waals surface area contributed by atoms with E-state index in [0.29, 0.717) is 6.54 Å². The molecule has 17 heavy (non-hydrogen) atoms. The third-order valence-corrected chi connectivity index (χ3v) is 3.14. The van der Waals surface area contributed by atoms with Gasteiger partial charge in [0, 0.05) is 23.0 Å². The first-order valence-corrected chi connectivity index (χ1v) is 6.56. The van der Waals surface area contributed by atoms with Crippen molar-refractivity contribution in [2.75, 3.05) is 6.54 Å². The van der Waals surface area contributed by atoms with E-state index in [9.17, 15) is 0 Å². The van der Waals surface area contributed by atoms with Gasteiger partial charge >= 0.3 is 0 Å². The van der Waals surface area contributed by atoms with Gasteiger partial charge in [0.25, 0.3) is 0 Å². The van der Waals surface area contributed by atoms with E-state index >= 15 is 0 Å². The van der Waals surface area contributed by atoms with Gasteiger partial charge < -0.3 is 5.73 Å². The second-order valence-corrected chi connectivity index (χ2v) is 4.80. The molecule has 1 heterocycles. The van der Waals surface area contributed by atoms with Crippen molar-refractivity contribution in [3.05, 3.63) is 40.5 Å². The van der Waals surface area contributed by atoms with Crippen LogP contribution in [0, 0.1) is 0 Å². The summed E-state index contributed by atoms with van der Waals surface area (Å²) < 4.78 is 3.10. The molecule has 1 aromatic heterocycles. The number of hydrogen-bond acceptors (Lipinski definition) is 2. The summed E-state index contributed by atoms with van der Waals surface area (Å²) in [6.45, 7) is 3.60. The number of rotatable bonds is 4. The molecule has 1 aromatic carbocycles. The molecule has 4 heteroatoms. The maximum atomic E-state index is 5.57. The van der Waals surface area contributed by atoms with Gasteiger partial charge in [0.1, 0.15) is 0 Å². The summed E-state index contributed by atoms with van der Waals surface area (Å²) >= 11 is 3.49. The molecular formula is C13H16BrN3. The predicted octanol–water partition coefficient (Wildman–Crippen LogP) is 2.83. The second-order valence-electron chi connectivity index (χ2n) is 3.89. The Morgan fingerprint density at radius 3 is 2.82 bits per heavy atom. The maximum absolute atomic E-state index is 5.57. The SMILES string of the molecule is CCn1nc(CCN)cc1-c1cccc(Br)c1. The van der Waals surface area contributed by atoms with Crippen molar-refractivity contribution < 1.29 is 0 Å². The van der Waals surface area contributed by atoms with Gasteiger partial charge in [-0.1, -0.05) is 28.1 Å². The lowest BCUT2D eigenvalue weighted by molar-refractivity contribution is 0.652. The summed E-state index contributed by atoms with van der Waals surface area (Å²) in [6.07, 6.45) is 0.827. The van der Waals surface area contributed by atoms with Crippen molar-refractivity contribution in [2.45, 2.75) is 19.9 Å². The molecule has 0 spiro atoms. The molecule has 0 atom stereocenters. The molecule has 0 amide bonds. The average Bonchev–Trinajstić information content (AvgIpc) is 2.73. The highest BCUT2D eigenvalue weighted by atomic mass is 79.9. The van der Waals surface area contributed by atoms with Crippen molar-refractivity contribution >= 4 is 15.9 Å². The Hall–Kier alpha value is -1.13. The molecule has 0 aliphatic heterocycles. The van der Waals surface area contributed by atoms with Gasteiger partial charge in [-0.05, 0) is 31.7 Å². The Bertz CT molecular complexity index is 505. The third-order valence-electron chi connectivity index (χ3n) is 2.65. The van der Waals surface area contributed by atoms with E-state index in [-0.39, 0.29) is 0 Å². The Kier molecular flexibility index (Phi) is 3.97. The van der Waals surface area contributed by atoms with E-state index in [2.05, 4.69) is 46.2 Å². The van der Waals surface area contributed by atoms with Crippen LogP contribution in [0.3, 0.4) is 0 Å². The topological polar surface area (TPSA) is 43.8 Å². The zero-order chi connectivity index (χ0) is 12.3. The summed E-state index contributed by atoms with van der Waals surface area (Å²) in [5.41, 5.74) is 8.95. The zero-order valence-corrected chi connectivity index (χ0v) is 11.4. The first kappa shape index (κ1) is 12.3. The molecule has 0 bridgehead atoms. The van der Waals surface area contributed by atoms with Crippen molar-refractivity contribution in [1.82, 2.24) is 9.78 Å². The molecule has 2 rings (SSSR count). The molecule has 0 unspecified atom stereocenters. The van der Waals surface area contributed by atoms with Gasteiger partial charge in [-0.3, -0.25) is 4.68 Å². The number of aromatic nitrogens is 2. The minimum Gasteiger partial charge on any atom is -0.330 e. The molecule has 2 aromatic rings. The van der Waals surface area contributed by atoms with Crippen LogP contribution in [-0.2, 0) is 13.0 Å². The monoisotopic (exact) mass is 293 g/mol. The van der Waals surface area contributed by atoms with Crippen molar-refractivity contribution in [3.63, 3.8) is 0 Å². The lowest BCUT2D eigenvalue weighted by atomic mass is 10.1. The highest BCUT2D eigenvalue weighted by Crippen LogP contribution is 2.24. The van der Waals surface area contributed by atoms with Crippen LogP contribution in [0.15, 0.2) is 34.8 Å². The van der Waals surface area contributed by atoms with Crippen LogP contribution < -0.4 is 5.73 Å². The van der Waals surface area contributed by atoms with E-state index in [1.165, 1.54) is 5.56 Å². The van der Waals surface area contributed by atoms with Crippen molar-refractivity contribution in [3.8, 4) is 11.3 Å². The van der Waals surface area contributed by atoms with Crippen LogP contribution >= 0.6 is 15.9 Å². The molecule has 3 nitrogen and oxygen atoms in total. The van der Waals surface area contributed by atoms with Crippen molar-refractivity contribution in [1.29, 1.82) is 0 Å². The minimum absolute atomic E-state index is 0.638. The third kappa shape index (κ3) is 2.76. The number of hydrogen-bond donors (Lipinski definition) is 1. The number of nitrogens with two attached hydrogens (primary N) is 1. The fraction of sp³-hybridized carbons (Fsp3) is 0.308. The summed E-state index contributed by atoms with van der Waals surface area (Å²) in [7, 11) is 0. The van der Waals surface area contributed by atoms with E-state index in [1.807, 2.05) is 16.8 Å². The van der Waals surface area contributed by atoms with Gasteiger partial charge in [0.05, 0.1) is 11.4 Å². The molecule has 0 radical (unpaired) electrons. The van der Waals surface area contributed by atoms with Gasteiger partial charge in [0.15, 0.2) is 0 Å². The fourth-order valence-electron chi connectivity index (χ4n) is 1.86. The summed E-state index contributed by atoms with van der Waals surface area (Å²) in [4.78, 5) is 0. The van der Waals surface area contributed by atoms with E-state index in [1.54, 1.807) is 0 Å². The first-order chi connectivity index (χ1) is 8.24. The van der Waals surface area contributed by atoms with Crippen molar-refractivity contribution in [2.24, 2.45) is 5.73 Å². The number of aryl methyl sites for hydroxylation is 1. The number of nitrogens with zero attached hydrogens (tertiary/aromatic N) is 2. The molecule has 2 N–H and O–H groups in total. The fourth-order valence-corrected chi connectivity index (χ4v) is 2.26. The largest absolute Gasteiger partial charge is 0.330 e. The van der Waals surface area contributed by atoms with Crippen LogP contribution in [0.1, 0.15) is 12.6 Å². The number of halogens is 1.